The number of carbonyl (C=O) groups excluding carboxylic acids is 1. The Hall–Kier alpha value is -1.73. The first-order valence-electron chi connectivity index (χ1n) is 6.25. The minimum Gasteiger partial charge on any atom is -0.322 e. The molecule has 2 aromatic rings. The van der Waals surface area contributed by atoms with Gasteiger partial charge in [-0.25, -0.2) is 0 Å². The number of aliphatic imine (C=N–C) groups is 1. The van der Waals surface area contributed by atoms with Crippen LogP contribution in [-0.4, -0.2) is 11.5 Å². The van der Waals surface area contributed by atoms with Gasteiger partial charge in [-0.2, -0.15) is 4.99 Å². The van der Waals surface area contributed by atoms with E-state index in [9.17, 15) is 4.79 Å². The Morgan fingerprint density at radius 3 is 2.63 bits per heavy atom. The van der Waals surface area contributed by atoms with E-state index in [1.807, 2.05) is 13.0 Å². The molecule has 4 heteroatoms. The first-order valence-corrected chi connectivity index (χ1v) is 6.83. The molecule has 19 heavy (non-hydrogen) atoms. The Bertz CT molecular complexity index is 703. The summed E-state index contributed by atoms with van der Waals surface area (Å²) < 4.78 is 0. The number of amides is 1. The first-order chi connectivity index (χ1) is 9.09. The molecule has 1 amide bonds. The summed E-state index contributed by atoms with van der Waals surface area (Å²) in [5.41, 5.74) is 2.18. The average Bonchev–Trinajstić information content (AvgIpc) is 2.65. The van der Waals surface area contributed by atoms with Crippen LogP contribution in [0.1, 0.15) is 25.5 Å². The molecule has 96 valence electrons. The van der Waals surface area contributed by atoms with Crippen LogP contribution in [0, 0.1) is 0 Å². The highest BCUT2D eigenvalue weighted by molar-refractivity contribution is 7.40. The molecule has 0 fully saturated rings. The molecule has 0 radical (unpaired) electrons. The molecular weight excluding hydrogens is 255 g/mol. The number of carbonyl (C=O) groups is 1. The predicted molar refractivity (Wildman–Crippen MR) is 83.1 cm³/mol. The Balaban J connectivity index is 2.23. The fourth-order valence-corrected chi connectivity index (χ4v) is 3.10. The fourth-order valence-electron chi connectivity index (χ4n) is 2.91. The lowest BCUT2D eigenvalue weighted by Gasteiger charge is -2.24. The van der Waals surface area contributed by atoms with Crippen molar-refractivity contribution in [3.8, 4) is 0 Å². The van der Waals surface area contributed by atoms with E-state index >= 15 is 0 Å². The van der Waals surface area contributed by atoms with Gasteiger partial charge in [0.2, 0.25) is 0 Å². The molecule has 2 unspecified atom stereocenters. The van der Waals surface area contributed by atoms with Crippen molar-refractivity contribution in [1.29, 1.82) is 0 Å². The molecule has 0 saturated heterocycles. The highest BCUT2D eigenvalue weighted by Crippen LogP contribution is 2.43. The summed E-state index contributed by atoms with van der Waals surface area (Å²) in [4.78, 5) is 17.4. The maximum atomic E-state index is 11.2. The maximum absolute atomic E-state index is 11.2. The normalized spacial score (nSPS) is 18.2. The standard InChI is InChI=1S/C15H15N2OP/c1-9-12-7-3-5-11-6-4-8-13(14(11)12)17(9)10(2)16-15(18)19/h3-9H,19H2,1-2H3. The number of amidine groups is 1. The lowest BCUT2D eigenvalue weighted by atomic mass is 10.0. The summed E-state index contributed by atoms with van der Waals surface area (Å²) in [5.74, 6) is 0.733. The van der Waals surface area contributed by atoms with E-state index in [4.69, 9.17) is 0 Å². The van der Waals surface area contributed by atoms with E-state index in [0.29, 0.717) is 0 Å². The molecule has 0 aromatic heterocycles. The van der Waals surface area contributed by atoms with Crippen molar-refractivity contribution in [1.82, 2.24) is 0 Å². The summed E-state index contributed by atoms with van der Waals surface area (Å²) in [5, 5.41) is 2.50. The molecule has 0 bridgehead atoms. The van der Waals surface area contributed by atoms with Crippen molar-refractivity contribution >= 4 is 37.2 Å². The van der Waals surface area contributed by atoms with Crippen LogP contribution in [0.15, 0.2) is 41.4 Å². The van der Waals surface area contributed by atoms with E-state index in [2.05, 4.69) is 56.4 Å². The van der Waals surface area contributed by atoms with Gasteiger partial charge < -0.3 is 4.90 Å². The molecule has 1 aliphatic heterocycles. The van der Waals surface area contributed by atoms with Gasteiger partial charge in [-0.3, -0.25) is 4.79 Å². The molecule has 0 saturated carbocycles. The van der Waals surface area contributed by atoms with Crippen molar-refractivity contribution in [2.75, 3.05) is 4.90 Å². The van der Waals surface area contributed by atoms with Crippen LogP contribution in [-0.2, 0) is 0 Å². The molecule has 2 atom stereocenters. The zero-order valence-electron chi connectivity index (χ0n) is 10.9. The largest absolute Gasteiger partial charge is 0.322 e. The second kappa shape index (κ2) is 4.43. The third kappa shape index (κ3) is 1.85. The van der Waals surface area contributed by atoms with Crippen LogP contribution >= 0.6 is 9.24 Å². The molecule has 0 N–H and O–H groups in total. The number of anilines is 1. The highest BCUT2D eigenvalue weighted by Gasteiger charge is 2.29. The Kier molecular flexibility index (Phi) is 2.87. The Morgan fingerprint density at radius 2 is 1.95 bits per heavy atom. The zero-order chi connectivity index (χ0) is 13.6. The Morgan fingerprint density at radius 1 is 1.26 bits per heavy atom. The van der Waals surface area contributed by atoms with Gasteiger partial charge in [0.25, 0.3) is 5.65 Å². The molecule has 0 spiro atoms. The summed E-state index contributed by atoms with van der Waals surface area (Å²) in [6, 6.07) is 12.8. The van der Waals surface area contributed by atoms with E-state index in [1.165, 1.54) is 16.3 Å². The van der Waals surface area contributed by atoms with E-state index in [1.54, 1.807) is 0 Å². The van der Waals surface area contributed by atoms with E-state index in [-0.39, 0.29) is 11.7 Å². The first kappa shape index (κ1) is 12.3. The van der Waals surface area contributed by atoms with E-state index in [0.717, 1.165) is 11.5 Å². The zero-order valence-corrected chi connectivity index (χ0v) is 12.1. The topological polar surface area (TPSA) is 32.7 Å². The number of hydrogen-bond acceptors (Lipinski definition) is 1. The van der Waals surface area contributed by atoms with Crippen LogP contribution in [0.2, 0.25) is 0 Å². The minimum atomic E-state index is -0.243. The molecule has 1 heterocycles. The van der Waals surface area contributed by atoms with Crippen molar-refractivity contribution < 1.29 is 4.79 Å². The van der Waals surface area contributed by atoms with Gasteiger partial charge in [0, 0.05) is 5.39 Å². The summed E-state index contributed by atoms with van der Waals surface area (Å²) >= 11 is 0. The fraction of sp³-hybridized carbons (Fsp3) is 0.200. The van der Waals surface area contributed by atoms with Crippen LogP contribution < -0.4 is 4.90 Å². The van der Waals surface area contributed by atoms with Gasteiger partial charge >= 0.3 is 0 Å². The summed E-state index contributed by atoms with van der Waals surface area (Å²) in [6.07, 6.45) is 0. The third-order valence-corrected chi connectivity index (χ3v) is 3.76. The SMILES string of the molecule is CC(=NC(=O)P)N1c2cccc3cccc(c23)C1C. The van der Waals surface area contributed by atoms with Gasteiger partial charge in [-0.15, -0.1) is 0 Å². The van der Waals surface area contributed by atoms with Crippen molar-refractivity contribution in [3.63, 3.8) is 0 Å². The lowest BCUT2D eigenvalue weighted by Crippen LogP contribution is -2.28. The summed E-state index contributed by atoms with van der Waals surface area (Å²) in [6.45, 7) is 4.02. The van der Waals surface area contributed by atoms with Crippen LogP contribution in [0.5, 0.6) is 0 Å². The molecule has 3 rings (SSSR count). The van der Waals surface area contributed by atoms with Crippen molar-refractivity contribution in [2.24, 2.45) is 4.99 Å². The van der Waals surface area contributed by atoms with Gasteiger partial charge in [0.05, 0.1) is 11.7 Å². The third-order valence-electron chi connectivity index (χ3n) is 3.63. The molecule has 3 nitrogen and oxygen atoms in total. The smallest absolute Gasteiger partial charge is 0.261 e. The van der Waals surface area contributed by atoms with Gasteiger partial charge in [0.15, 0.2) is 0 Å². The summed E-state index contributed by atoms with van der Waals surface area (Å²) in [7, 11) is 2.10. The maximum Gasteiger partial charge on any atom is 0.261 e. The predicted octanol–water partition coefficient (Wildman–Crippen LogP) is 4.13. The molecule has 0 aliphatic carbocycles. The average molecular weight is 270 g/mol. The van der Waals surface area contributed by atoms with Gasteiger partial charge in [-0.1, -0.05) is 30.3 Å². The van der Waals surface area contributed by atoms with E-state index < -0.39 is 0 Å². The van der Waals surface area contributed by atoms with Crippen LogP contribution in [0.3, 0.4) is 0 Å². The van der Waals surface area contributed by atoms with Gasteiger partial charge in [0.1, 0.15) is 5.84 Å². The molecule has 2 aromatic carbocycles. The number of benzene rings is 2. The van der Waals surface area contributed by atoms with Crippen LogP contribution in [0.4, 0.5) is 10.5 Å². The van der Waals surface area contributed by atoms with Crippen molar-refractivity contribution in [2.45, 2.75) is 19.9 Å². The molecular formula is C15H15N2OP. The Labute approximate surface area is 114 Å². The lowest BCUT2D eigenvalue weighted by molar-refractivity contribution is 0.267. The number of hydrogen-bond donors (Lipinski definition) is 0. The second-order valence-electron chi connectivity index (χ2n) is 4.77. The monoisotopic (exact) mass is 270 g/mol. The van der Waals surface area contributed by atoms with Gasteiger partial charge in [-0.05, 0) is 40.1 Å². The minimum absolute atomic E-state index is 0.203. The van der Waals surface area contributed by atoms with Crippen molar-refractivity contribution in [3.05, 3.63) is 42.0 Å². The number of rotatable bonds is 0. The van der Waals surface area contributed by atoms with Crippen LogP contribution in [0.25, 0.3) is 10.8 Å². The number of nitrogens with zero attached hydrogens (tertiary/aromatic N) is 2. The molecule has 1 aliphatic rings. The second-order valence-corrected chi connectivity index (χ2v) is 5.26. The highest BCUT2D eigenvalue weighted by atomic mass is 31.0. The quantitative estimate of drug-likeness (QED) is 0.409.